The summed E-state index contributed by atoms with van der Waals surface area (Å²) in [5.74, 6) is 0.415. The number of nitrogens with zero attached hydrogens (tertiary/aromatic N) is 4. The quantitative estimate of drug-likeness (QED) is 0.489. The van der Waals surface area contributed by atoms with Crippen LogP contribution in [-0.2, 0) is 13.7 Å². The van der Waals surface area contributed by atoms with E-state index in [9.17, 15) is 9.90 Å². The number of hydrogen-bond acceptors (Lipinski definition) is 6. The van der Waals surface area contributed by atoms with E-state index in [2.05, 4.69) is 15.2 Å². The Morgan fingerprint density at radius 3 is 2.93 bits per heavy atom. The third-order valence-electron chi connectivity index (χ3n) is 4.40. The molecule has 28 heavy (non-hydrogen) atoms. The Labute approximate surface area is 169 Å². The van der Waals surface area contributed by atoms with Crippen LogP contribution in [0.1, 0.15) is 21.5 Å². The van der Waals surface area contributed by atoms with Crippen LogP contribution in [0.5, 0.6) is 5.75 Å². The zero-order chi connectivity index (χ0) is 19.8. The van der Waals surface area contributed by atoms with E-state index < -0.39 is 5.97 Å². The number of thiophene rings is 1. The number of aryl methyl sites for hydroxylation is 2. The molecule has 4 rings (SSSR count). The van der Waals surface area contributed by atoms with Crippen molar-refractivity contribution in [3.8, 4) is 17.1 Å². The van der Waals surface area contributed by atoms with Crippen molar-refractivity contribution in [2.75, 3.05) is 0 Å². The first-order valence-electron chi connectivity index (χ1n) is 8.31. The topological polar surface area (TPSA) is 90.1 Å². The lowest BCUT2D eigenvalue weighted by atomic mass is 10.1. The van der Waals surface area contributed by atoms with Gasteiger partial charge in [0.2, 0.25) is 0 Å². The Bertz CT molecular complexity index is 1200. The van der Waals surface area contributed by atoms with Gasteiger partial charge in [-0.1, -0.05) is 23.7 Å². The molecule has 3 heterocycles. The fourth-order valence-corrected chi connectivity index (χ4v) is 4.30. The van der Waals surface area contributed by atoms with Crippen molar-refractivity contribution in [2.45, 2.75) is 13.5 Å². The molecule has 0 atom stereocenters. The Kier molecular flexibility index (Phi) is 4.74. The van der Waals surface area contributed by atoms with E-state index in [-0.39, 0.29) is 17.3 Å². The molecule has 0 aliphatic heterocycles. The van der Waals surface area contributed by atoms with Crippen LogP contribution in [0.25, 0.3) is 21.5 Å². The minimum Gasteiger partial charge on any atom is -0.489 e. The average Bonchev–Trinajstić information content (AvgIpc) is 3.28. The number of benzene rings is 1. The molecule has 0 amide bonds. The van der Waals surface area contributed by atoms with Crippen LogP contribution in [0.4, 0.5) is 0 Å². The summed E-state index contributed by atoms with van der Waals surface area (Å²) in [5.41, 5.74) is 2.80. The monoisotopic (exact) mass is 414 g/mol. The van der Waals surface area contributed by atoms with Crippen LogP contribution >= 0.6 is 22.9 Å². The van der Waals surface area contributed by atoms with Gasteiger partial charge in [0.25, 0.3) is 0 Å². The van der Waals surface area contributed by atoms with Gasteiger partial charge in [-0.15, -0.1) is 21.5 Å². The van der Waals surface area contributed by atoms with Crippen LogP contribution in [0.15, 0.2) is 36.1 Å². The maximum Gasteiger partial charge on any atom is 0.338 e. The van der Waals surface area contributed by atoms with Crippen LogP contribution in [0.3, 0.4) is 0 Å². The Morgan fingerprint density at radius 2 is 2.21 bits per heavy atom. The molecule has 4 aromatic rings. The van der Waals surface area contributed by atoms with Crippen LogP contribution in [0.2, 0.25) is 5.15 Å². The maximum absolute atomic E-state index is 11.4. The molecule has 0 saturated heterocycles. The molecule has 0 unspecified atom stereocenters. The number of aromatic nitrogens is 4. The van der Waals surface area contributed by atoms with Gasteiger partial charge in [0.05, 0.1) is 10.3 Å². The van der Waals surface area contributed by atoms with Gasteiger partial charge in [0, 0.05) is 29.8 Å². The Balaban J connectivity index is 1.66. The third kappa shape index (κ3) is 3.21. The van der Waals surface area contributed by atoms with E-state index in [4.69, 9.17) is 16.3 Å². The highest BCUT2D eigenvalue weighted by molar-refractivity contribution is 7.17. The number of hydrogen-bond donors (Lipinski definition) is 1. The predicted octanol–water partition coefficient (Wildman–Crippen LogP) is 4.33. The van der Waals surface area contributed by atoms with E-state index in [0.29, 0.717) is 15.8 Å². The van der Waals surface area contributed by atoms with Crippen molar-refractivity contribution in [3.63, 3.8) is 0 Å². The van der Waals surface area contributed by atoms with Gasteiger partial charge >= 0.3 is 5.97 Å². The number of fused-ring (bicyclic) bond motifs is 1. The molecule has 0 spiro atoms. The van der Waals surface area contributed by atoms with Crippen LogP contribution in [0, 0.1) is 6.92 Å². The lowest BCUT2D eigenvalue weighted by Crippen LogP contribution is -2.00. The second kappa shape index (κ2) is 7.21. The highest BCUT2D eigenvalue weighted by atomic mass is 35.5. The maximum atomic E-state index is 11.4. The lowest BCUT2D eigenvalue weighted by Gasteiger charge is -2.11. The lowest BCUT2D eigenvalue weighted by molar-refractivity contribution is 0.0699. The third-order valence-corrected chi connectivity index (χ3v) is 5.75. The zero-order valence-corrected chi connectivity index (χ0v) is 16.6. The van der Waals surface area contributed by atoms with Gasteiger partial charge in [0.1, 0.15) is 23.8 Å². The van der Waals surface area contributed by atoms with Gasteiger partial charge in [-0.05, 0) is 23.9 Å². The number of carboxylic acid groups (broad SMARTS) is 1. The first-order chi connectivity index (χ1) is 13.5. The van der Waals surface area contributed by atoms with E-state index in [1.807, 2.05) is 42.1 Å². The number of carboxylic acids is 1. The molecule has 3 aromatic heterocycles. The minimum absolute atomic E-state index is 0.135. The number of halogens is 1. The molecule has 142 valence electrons. The number of ether oxygens (including phenoxy) is 1. The fraction of sp³-hybridized carbons (Fsp3) is 0.158. The van der Waals surface area contributed by atoms with E-state index in [0.717, 1.165) is 22.5 Å². The largest absolute Gasteiger partial charge is 0.489 e. The van der Waals surface area contributed by atoms with E-state index >= 15 is 0 Å². The average molecular weight is 415 g/mol. The molecule has 0 aliphatic carbocycles. The smallest absolute Gasteiger partial charge is 0.338 e. The second-order valence-corrected chi connectivity index (χ2v) is 7.50. The summed E-state index contributed by atoms with van der Waals surface area (Å²) in [4.78, 5) is 15.4. The molecular formula is C19H15ClN4O3S. The van der Waals surface area contributed by atoms with Gasteiger partial charge in [-0.3, -0.25) is 0 Å². The number of pyridine rings is 1. The van der Waals surface area contributed by atoms with Crippen molar-refractivity contribution >= 4 is 39.0 Å². The normalized spacial score (nSPS) is 11.1. The summed E-state index contributed by atoms with van der Waals surface area (Å²) in [6.45, 7) is 2.20. The second-order valence-electron chi connectivity index (χ2n) is 6.27. The minimum atomic E-state index is -1.03. The van der Waals surface area contributed by atoms with Gasteiger partial charge in [-0.25, -0.2) is 9.78 Å². The number of rotatable bonds is 5. The number of carbonyl (C=O) groups is 1. The fourth-order valence-electron chi connectivity index (χ4n) is 2.92. The highest BCUT2D eigenvalue weighted by Gasteiger charge is 2.17. The molecule has 0 aliphatic rings. The van der Waals surface area contributed by atoms with Gasteiger partial charge in [-0.2, -0.15) is 0 Å². The number of aromatic carboxylic acids is 1. The SMILES string of the molecule is Cc1ccc(-c2nncn2C)cc1OCc1csc2c(C(=O)O)cnc(Cl)c12. The van der Waals surface area contributed by atoms with Crippen molar-refractivity contribution in [2.24, 2.45) is 7.05 Å². The molecule has 0 fully saturated rings. The summed E-state index contributed by atoms with van der Waals surface area (Å²) in [6.07, 6.45) is 2.92. The van der Waals surface area contributed by atoms with E-state index in [1.165, 1.54) is 17.5 Å². The highest BCUT2D eigenvalue weighted by Crippen LogP contribution is 2.34. The summed E-state index contributed by atoms with van der Waals surface area (Å²) in [7, 11) is 1.88. The van der Waals surface area contributed by atoms with Crippen LogP contribution in [-0.4, -0.2) is 30.8 Å². The Hall–Kier alpha value is -2.97. The molecule has 0 saturated carbocycles. The van der Waals surface area contributed by atoms with Crippen molar-refractivity contribution in [1.82, 2.24) is 19.7 Å². The summed E-state index contributed by atoms with van der Waals surface area (Å²) in [5, 5.41) is 20.1. The predicted molar refractivity (Wildman–Crippen MR) is 107 cm³/mol. The van der Waals surface area contributed by atoms with Crippen molar-refractivity contribution in [3.05, 3.63) is 57.9 Å². The molecule has 7 nitrogen and oxygen atoms in total. The summed E-state index contributed by atoms with van der Waals surface area (Å²) in [6, 6.07) is 5.84. The Morgan fingerprint density at radius 1 is 1.39 bits per heavy atom. The molecule has 0 radical (unpaired) electrons. The molecular weight excluding hydrogens is 400 g/mol. The van der Waals surface area contributed by atoms with Gasteiger partial charge in [0.15, 0.2) is 5.82 Å². The van der Waals surface area contributed by atoms with Crippen LogP contribution < -0.4 is 4.74 Å². The summed E-state index contributed by atoms with van der Waals surface area (Å²) < 4.78 is 8.46. The first-order valence-corrected chi connectivity index (χ1v) is 9.57. The van der Waals surface area contributed by atoms with Crippen molar-refractivity contribution < 1.29 is 14.6 Å². The standard InChI is InChI=1S/C19H15ClN4O3S/c1-10-3-4-11(18-23-22-9-24(18)2)5-14(10)27-7-12-8-28-16-13(19(25)26)6-21-17(20)15(12)16/h3-6,8-9H,7H2,1-2H3,(H,25,26). The van der Waals surface area contributed by atoms with E-state index in [1.54, 1.807) is 6.33 Å². The van der Waals surface area contributed by atoms with Gasteiger partial charge < -0.3 is 14.4 Å². The summed E-state index contributed by atoms with van der Waals surface area (Å²) >= 11 is 7.55. The molecule has 1 aromatic carbocycles. The zero-order valence-electron chi connectivity index (χ0n) is 15.0. The molecule has 9 heteroatoms. The molecule has 0 bridgehead atoms. The van der Waals surface area contributed by atoms with Crippen molar-refractivity contribution in [1.29, 1.82) is 0 Å². The first kappa shape index (κ1) is 18.4. The molecule has 1 N–H and O–H groups in total.